The molecule has 0 radical (unpaired) electrons. The third-order valence-corrected chi connectivity index (χ3v) is 4.71. The molecule has 0 heterocycles. The van der Waals surface area contributed by atoms with E-state index < -0.39 is 33.0 Å². The highest BCUT2D eigenvalue weighted by Crippen LogP contribution is 2.39. The molecule has 1 aromatic carbocycles. The fourth-order valence-electron chi connectivity index (χ4n) is 1.87. The van der Waals surface area contributed by atoms with Crippen molar-refractivity contribution in [2.45, 2.75) is 42.7 Å². The predicted octanol–water partition coefficient (Wildman–Crippen LogP) is 3.75. The van der Waals surface area contributed by atoms with Crippen molar-refractivity contribution in [3.63, 3.8) is 0 Å². The van der Waals surface area contributed by atoms with Gasteiger partial charge in [0.25, 0.3) is 0 Å². The molecule has 1 atom stereocenters. The van der Waals surface area contributed by atoms with Crippen molar-refractivity contribution in [1.82, 2.24) is 0 Å². The average Bonchev–Trinajstić information content (AvgIpc) is 2.34. The number of rotatable bonds is 5. The number of halogens is 3. The van der Waals surface area contributed by atoms with Crippen LogP contribution in [0.3, 0.4) is 0 Å². The maximum absolute atomic E-state index is 13.5. The van der Waals surface area contributed by atoms with Crippen LogP contribution in [0.15, 0.2) is 17.0 Å². The summed E-state index contributed by atoms with van der Waals surface area (Å²) in [5.41, 5.74) is -0.573. The van der Waals surface area contributed by atoms with Crippen LogP contribution < -0.4 is 0 Å². The summed E-state index contributed by atoms with van der Waals surface area (Å²) in [4.78, 5) is 11.0. The molecule has 1 rings (SSSR count). The van der Waals surface area contributed by atoms with Gasteiger partial charge < -0.3 is 5.11 Å². The lowest BCUT2D eigenvalue weighted by atomic mass is 10.0. The third kappa shape index (κ3) is 3.35. The summed E-state index contributed by atoms with van der Waals surface area (Å²) in [5, 5.41) is 4.99. The summed E-state index contributed by atoms with van der Waals surface area (Å²) in [6, 6.07) is 2.01. The summed E-state index contributed by atoms with van der Waals surface area (Å²) in [6.07, 6.45) is 0.177. The predicted molar refractivity (Wildman–Crippen MR) is 74.1 cm³/mol. The molecule has 3 nitrogen and oxygen atoms in total. The second-order valence-corrected chi connectivity index (χ2v) is 6.89. The molecular weight excluding hydrogens is 310 g/mol. The number of carboxylic acid groups (broad SMARTS) is 1. The lowest BCUT2D eigenvalue weighted by Crippen LogP contribution is -2.18. The van der Waals surface area contributed by atoms with Crippen LogP contribution in [0.4, 0.5) is 8.78 Å². The van der Waals surface area contributed by atoms with Gasteiger partial charge in [-0.15, -0.1) is 0 Å². The third-order valence-electron chi connectivity index (χ3n) is 2.78. The van der Waals surface area contributed by atoms with Gasteiger partial charge in [-0.05, 0) is 35.7 Å². The maximum Gasteiger partial charge on any atom is 0.349 e. The van der Waals surface area contributed by atoms with Gasteiger partial charge in [0.05, 0.1) is 26.8 Å². The Morgan fingerprint density at radius 1 is 1.45 bits per heavy atom. The molecule has 0 bridgehead atoms. The highest BCUT2D eigenvalue weighted by Gasteiger charge is 2.35. The molecule has 7 heteroatoms. The number of hydrogen-bond donors (Lipinski definition) is 1. The van der Waals surface area contributed by atoms with Gasteiger partial charge in [-0.3, -0.25) is 4.21 Å². The molecule has 0 aliphatic carbocycles. The number of aromatic carboxylic acids is 1. The highest BCUT2D eigenvalue weighted by molar-refractivity contribution is 7.85. The molecule has 0 amide bonds. The Hall–Kier alpha value is -1.01. The molecule has 0 aliphatic rings. The zero-order valence-corrected chi connectivity index (χ0v) is 12.8. The van der Waals surface area contributed by atoms with Gasteiger partial charge in [0.15, 0.2) is 0 Å². The van der Waals surface area contributed by atoms with Crippen LogP contribution in [-0.2, 0) is 22.6 Å². The summed E-state index contributed by atoms with van der Waals surface area (Å²) in [7, 11) is -1.76. The normalized spacial score (nSPS) is 13.6. The largest absolute Gasteiger partial charge is 0.478 e. The molecule has 112 valence electrons. The van der Waals surface area contributed by atoms with Crippen molar-refractivity contribution in [3.05, 3.63) is 28.8 Å². The molecule has 0 saturated carbocycles. The van der Waals surface area contributed by atoms with E-state index in [1.54, 1.807) is 20.8 Å². The van der Waals surface area contributed by atoms with E-state index in [0.29, 0.717) is 0 Å². The number of carbonyl (C=O) groups is 1. The average molecular weight is 325 g/mol. The monoisotopic (exact) mass is 324 g/mol. The van der Waals surface area contributed by atoms with Crippen LogP contribution in [0, 0.1) is 0 Å². The Morgan fingerprint density at radius 3 is 2.35 bits per heavy atom. The number of benzene rings is 1. The lowest BCUT2D eigenvalue weighted by molar-refractivity contribution is 0.0692. The second-order valence-electron chi connectivity index (χ2n) is 4.47. The van der Waals surface area contributed by atoms with Crippen molar-refractivity contribution in [3.8, 4) is 0 Å². The second kappa shape index (κ2) is 6.18. The van der Waals surface area contributed by atoms with Crippen LogP contribution in [-0.4, -0.2) is 20.5 Å². The van der Waals surface area contributed by atoms with E-state index in [4.69, 9.17) is 16.7 Å². The van der Waals surface area contributed by atoms with E-state index in [1.807, 2.05) is 0 Å². The van der Waals surface area contributed by atoms with E-state index in [2.05, 4.69) is 0 Å². The van der Waals surface area contributed by atoms with Crippen LogP contribution in [0.1, 0.15) is 42.3 Å². The van der Waals surface area contributed by atoms with Gasteiger partial charge in [0, 0.05) is 5.25 Å². The minimum atomic E-state index is -3.69. The summed E-state index contributed by atoms with van der Waals surface area (Å²) >= 11 is 5.06. The van der Waals surface area contributed by atoms with E-state index in [1.165, 1.54) is 0 Å². The fraction of sp³-hybridized carbons (Fsp3) is 0.462. The van der Waals surface area contributed by atoms with E-state index >= 15 is 0 Å². The zero-order valence-electron chi connectivity index (χ0n) is 11.2. The summed E-state index contributed by atoms with van der Waals surface area (Å²) < 4.78 is 39.2. The summed E-state index contributed by atoms with van der Waals surface area (Å²) in [6.45, 7) is 4.84. The van der Waals surface area contributed by atoms with Gasteiger partial charge in [0.1, 0.15) is 0 Å². The smallest absolute Gasteiger partial charge is 0.349 e. The Labute approximate surface area is 123 Å². The number of alkyl halides is 3. The molecule has 20 heavy (non-hydrogen) atoms. The number of carboxylic acids is 1. The quantitative estimate of drug-likeness (QED) is 0.839. The Bertz CT molecular complexity index is 553. The molecule has 0 unspecified atom stereocenters. The molecule has 0 fully saturated rings. The highest BCUT2D eigenvalue weighted by atomic mass is 35.5. The van der Waals surface area contributed by atoms with Gasteiger partial charge in [-0.1, -0.05) is 20.8 Å². The van der Waals surface area contributed by atoms with Crippen LogP contribution in [0.25, 0.3) is 0 Å². The molecular formula is C13H15ClF2O3S. The Balaban J connectivity index is 3.74. The molecule has 0 aromatic heterocycles. The minimum absolute atomic E-state index is 0.124. The molecule has 1 N–H and O–H groups in total. The van der Waals surface area contributed by atoms with Crippen LogP contribution >= 0.6 is 11.6 Å². The van der Waals surface area contributed by atoms with Crippen molar-refractivity contribution >= 4 is 28.4 Å². The minimum Gasteiger partial charge on any atom is -0.478 e. The van der Waals surface area contributed by atoms with Crippen molar-refractivity contribution in [1.29, 1.82) is 0 Å². The van der Waals surface area contributed by atoms with Crippen LogP contribution in [0.2, 0.25) is 0 Å². The van der Waals surface area contributed by atoms with Gasteiger partial charge in [-0.25, -0.2) is 4.79 Å². The molecule has 0 aliphatic heterocycles. The van der Waals surface area contributed by atoms with Gasteiger partial charge in [0.2, 0.25) is 0 Å². The molecule has 0 saturated heterocycles. The molecule has 0 spiro atoms. The first kappa shape index (κ1) is 17.0. The Morgan fingerprint density at radius 2 is 2.00 bits per heavy atom. The first-order valence-electron chi connectivity index (χ1n) is 5.98. The van der Waals surface area contributed by atoms with Crippen molar-refractivity contribution < 1.29 is 22.9 Å². The maximum atomic E-state index is 13.5. The lowest BCUT2D eigenvalue weighted by Gasteiger charge is -2.20. The van der Waals surface area contributed by atoms with Gasteiger partial charge >= 0.3 is 11.4 Å². The fourth-order valence-corrected chi connectivity index (χ4v) is 3.46. The standard InChI is InChI=1S/C13H15ClF2O3S/c1-4-8-9(12(17)18)5-6-10(13(14,15)16)11(8)20(19)7(2)3/h5-7H,4H2,1-3H3,(H,17,18)/t20-/m0/s1. The first-order chi connectivity index (χ1) is 9.11. The van der Waals surface area contributed by atoms with Crippen molar-refractivity contribution in [2.24, 2.45) is 0 Å². The van der Waals surface area contributed by atoms with Crippen LogP contribution in [0.5, 0.6) is 0 Å². The van der Waals surface area contributed by atoms with Gasteiger partial charge in [-0.2, -0.15) is 8.78 Å². The molecule has 1 aromatic rings. The van der Waals surface area contributed by atoms with Crippen molar-refractivity contribution in [2.75, 3.05) is 0 Å². The number of hydrogen-bond acceptors (Lipinski definition) is 2. The SMILES string of the molecule is CCc1c(C(=O)O)ccc(C(F)(F)Cl)c1[S@@](=O)C(C)C. The van der Waals surface area contributed by atoms with E-state index in [-0.39, 0.29) is 22.4 Å². The Kier molecular flexibility index (Phi) is 5.27. The first-order valence-corrected chi connectivity index (χ1v) is 7.57. The van der Waals surface area contributed by atoms with E-state index in [9.17, 15) is 17.8 Å². The topological polar surface area (TPSA) is 54.4 Å². The van der Waals surface area contributed by atoms with E-state index in [0.717, 1.165) is 12.1 Å². The summed E-state index contributed by atoms with van der Waals surface area (Å²) in [5.74, 6) is -1.24. The zero-order chi connectivity index (χ0) is 15.7.